The van der Waals surface area contributed by atoms with Gasteiger partial charge in [-0.25, -0.2) is 4.98 Å². The van der Waals surface area contributed by atoms with Crippen LogP contribution in [-0.2, 0) is 0 Å². The summed E-state index contributed by atoms with van der Waals surface area (Å²) in [5.41, 5.74) is 0.413. The van der Waals surface area contributed by atoms with Crippen LogP contribution in [-0.4, -0.2) is 29.0 Å². The first-order chi connectivity index (χ1) is 8.25. The second kappa shape index (κ2) is 4.53. The van der Waals surface area contributed by atoms with Crippen molar-refractivity contribution in [1.29, 1.82) is 0 Å². The molecule has 2 N–H and O–H groups in total. The minimum atomic E-state index is 0.413. The van der Waals surface area contributed by atoms with Gasteiger partial charge in [-0.1, -0.05) is 6.92 Å². The molecule has 0 unspecified atom stereocenters. The van der Waals surface area contributed by atoms with E-state index in [4.69, 9.17) is 0 Å². The lowest BCUT2D eigenvalue weighted by molar-refractivity contribution is 0.247. The topological polar surface area (TPSA) is 49.8 Å². The van der Waals surface area contributed by atoms with Gasteiger partial charge < -0.3 is 10.6 Å². The van der Waals surface area contributed by atoms with E-state index in [2.05, 4.69) is 26.9 Å². The Morgan fingerprint density at radius 2 is 2.18 bits per heavy atom. The molecule has 94 valence electrons. The molecule has 0 amide bonds. The molecule has 1 aliphatic carbocycles. The third kappa shape index (κ3) is 2.77. The quantitative estimate of drug-likeness (QED) is 0.862. The smallest absolute Gasteiger partial charge is 0.202 e. The number of hydrogen-bond donors (Lipinski definition) is 2. The van der Waals surface area contributed by atoms with E-state index in [0.717, 1.165) is 30.6 Å². The maximum absolute atomic E-state index is 4.57. The first-order valence-electron chi connectivity index (χ1n) is 6.53. The summed E-state index contributed by atoms with van der Waals surface area (Å²) in [5.74, 6) is 1.73. The number of anilines is 1. The summed E-state index contributed by atoms with van der Waals surface area (Å²) >= 11 is 1.52. The summed E-state index contributed by atoms with van der Waals surface area (Å²) in [6.45, 7) is 5.67. The lowest BCUT2D eigenvalue weighted by Crippen LogP contribution is -2.39. The fourth-order valence-corrected chi connectivity index (χ4v) is 2.95. The maximum Gasteiger partial charge on any atom is 0.202 e. The molecule has 0 radical (unpaired) electrons. The Kier molecular flexibility index (Phi) is 3.04. The highest BCUT2D eigenvalue weighted by Gasteiger charge is 2.29. The van der Waals surface area contributed by atoms with Gasteiger partial charge in [0.15, 0.2) is 0 Å². The van der Waals surface area contributed by atoms with E-state index in [-0.39, 0.29) is 0 Å². The molecule has 0 atom stereocenters. The van der Waals surface area contributed by atoms with Gasteiger partial charge in [0, 0.05) is 24.0 Å². The molecule has 1 aliphatic heterocycles. The van der Waals surface area contributed by atoms with Crippen LogP contribution in [0, 0.1) is 5.41 Å². The van der Waals surface area contributed by atoms with Crippen molar-refractivity contribution in [2.45, 2.75) is 38.5 Å². The van der Waals surface area contributed by atoms with Crippen LogP contribution < -0.4 is 10.6 Å². The molecule has 2 heterocycles. The van der Waals surface area contributed by atoms with Crippen LogP contribution in [0.1, 0.15) is 44.3 Å². The molecular formula is C12H20N4S. The number of nitrogens with one attached hydrogen (secondary N) is 2. The number of nitrogens with zero attached hydrogens (tertiary/aromatic N) is 2. The van der Waals surface area contributed by atoms with Crippen molar-refractivity contribution < 1.29 is 0 Å². The largest absolute Gasteiger partial charge is 0.360 e. The Hall–Kier alpha value is -0.680. The van der Waals surface area contributed by atoms with Gasteiger partial charge in [-0.3, -0.25) is 0 Å². The van der Waals surface area contributed by atoms with Crippen LogP contribution in [0.5, 0.6) is 0 Å². The summed E-state index contributed by atoms with van der Waals surface area (Å²) < 4.78 is 4.42. The Bertz CT molecular complexity index is 380. The molecule has 17 heavy (non-hydrogen) atoms. The van der Waals surface area contributed by atoms with Crippen molar-refractivity contribution in [3.05, 3.63) is 5.82 Å². The van der Waals surface area contributed by atoms with E-state index in [1.165, 1.54) is 37.2 Å². The van der Waals surface area contributed by atoms with Crippen molar-refractivity contribution in [2.75, 3.05) is 25.0 Å². The minimum absolute atomic E-state index is 0.413. The van der Waals surface area contributed by atoms with Gasteiger partial charge in [-0.2, -0.15) is 4.37 Å². The Morgan fingerprint density at radius 1 is 1.41 bits per heavy atom. The van der Waals surface area contributed by atoms with E-state index >= 15 is 0 Å². The molecule has 5 heteroatoms. The standard InChI is InChI=1S/C12H20N4S/c1-12(4-6-13-7-5-12)8-14-11-15-10(16-17-11)9-2-3-9/h9,13H,2-8H2,1H3,(H,14,15,16). The van der Waals surface area contributed by atoms with Crippen LogP contribution >= 0.6 is 11.5 Å². The van der Waals surface area contributed by atoms with E-state index in [1.807, 2.05) is 0 Å². The fourth-order valence-electron chi connectivity index (χ4n) is 2.31. The first kappa shape index (κ1) is 11.4. The predicted octanol–water partition coefficient (Wildman–Crippen LogP) is 2.22. The van der Waals surface area contributed by atoms with Gasteiger partial charge in [-0.05, 0) is 44.2 Å². The van der Waals surface area contributed by atoms with Crippen molar-refractivity contribution in [3.63, 3.8) is 0 Å². The highest BCUT2D eigenvalue weighted by Crippen LogP contribution is 2.39. The molecule has 1 saturated carbocycles. The molecule has 1 aromatic rings. The van der Waals surface area contributed by atoms with Crippen molar-refractivity contribution in [3.8, 4) is 0 Å². The SMILES string of the molecule is CC1(CNc2nc(C3CC3)ns2)CCNCC1. The van der Waals surface area contributed by atoms with Crippen LogP contribution in [0.25, 0.3) is 0 Å². The van der Waals surface area contributed by atoms with Crippen LogP contribution in [0.3, 0.4) is 0 Å². The maximum atomic E-state index is 4.57. The van der Waals surface area contributed by atoms with E-state index < -0.39 is 0 Å². The van der Waals surface area contributed by atoms with Gasteiger partial charge in [-0.15, -0.1) is 0 Å². The van der Waals surface area contributed by atoms with Crippen LogP contribution in [0.15, 0.2) is 0 Å². The summed E-state index contributed by atoms with van der Waals surface area (Å²) in [7, 11) is 0. The van der Waals surface area contributed by atoms with Crippen LogP contribution in [0.2, 0.25) is 0 Å². The number of aromatic nitrogens is 2. The zero-order valence-electron chi connectivity index (χ0n) is 10.3. The van der Waals surface area contributed by atoms with Crippen molar-refractivity contribution in [2.24, 2.45) is 5.41 Å². The summed E-state index contributed by atoms with van der Waals surface area (Å²) in [6.07, 6.45) is 5.04. The molecule has 0 aromatic carbocycles. The minimum Gasteiger partial charge on any atom is -0.360 e. The van der Waals surface area contributed by atoms with Crippen molar-refractivity contribution >= 4 is 16.7 Å². The second-order valence-electron chi connectivity index (χ2n) is 5.65. The molecule has 1 saturated heterocycles. The Balaban J connectivity index is 1.55. The molecule has 1 aromatic heterocycles. The highest BCUT2D eigenvalue weighted by molar-refractivity contribution is 7.09. The molecule has 3 rings (SSSR count). The fraction of sp³-hybridized carbons (Fsp3) is 0.833. The predicted molar refractivity (Wildman–Crippen MR) is 70.6 cm³/mol. The average molecular weight is 252 g/mol. The zero-order valence-corrected chi connectivity index (χ0v) is 11.1. The monoisotopic (exact) mass is 252 g/mol. The van der Waals surface area contributed by atoms with E-state index in [0.29, 0.717) is 11.3 Å². The number of rotatable bonds is 4. The summed E-state index contributed by atoms with van der Waals surface area (Å²) in [4.78, 5) is 4.57. The lowest BCUT2D eigenvalue weighted by atomic mass is 9.81. The van der Waals surface area contributed by atoms with Gasteiger partial charge in [0.1, 0.15) is 5.82 Å². The van der Waals surface area contributed by atoms with E-state index in [1.54, 1.807) is 0 Å². The molecule has 2 fully saturated rings. The van der Waals surface area contributed by atoms with Gasteiger partial charge in [0.2, 0.25) is 5.13 Å². The Labute approximate surface area is 106 Å². The normalized spacial score (nSPS) is 23.6. The lowest BCUT2D eigenvalue weighted by Gasteiger charge is -2.33. The third-order valence-corrected chi connectivity index (χ3v) is 4.55. The molecule has 4 nitrogen and oxygen atoms in total. The van der Waals surface area contributed by atoms with Crippen LogP contribution in [0.4, 0.5) is 5.13 Å². The summed E-state index contributed by atoms with van der Waals surface area (Å²) in [5, 5.41) is 7.89. The molecule has 0 bridgehead atoms. The van der Waals surface area contributed by atoms with Crippen molar-refractivity contribution in [1.82, 2.24) is 14.7 Å². The van der Waals surface area contributed by atoms with E-state index in [9.17, 15) is 0 Å². The first-order valence-corrected chi connectivity index (χ1v) is 7.31. The van der Waals surface area contributed by atoms with Gasteiger partial charge in [0.05, 0.1) is 0 Å². The Morgan fingerprint density at radius 3 is 2.88 bits per heavy atom. The second-order valence-corrected chi connectivity index (χ2v) is 6.40. The highest BCUT2D eigenvalue weighted by atomic mass is 32.1. The number of hydrogen-bond acceptors (Lipinski definition) is 5. The van der Waals surface area contributed by atoms with Gasteiger partial charge >= 0.3 is 0 Å². The zero-order chi connectivity index (χ0) is 11.7. The molecular weight excluding hydrogens is 232 g/mol. The molecule has 0 spiro atoms. The number of piperidine rings is 1. The average Bonchev–Trinajstić information content (AvgIpc) is 3.07. The third-order valence-electron chi connectivity index (χ3n) is 3.86. The summed E-state index contributed by atoms with van der Waals surface area (Å²) in [6, 6.07) is 0. The molecule has 2 aliphatic rings. The van der Waals surface area contributed by atoms with Gasteiger partial charge in [0.25, 0.3) is 0 Å².